The summed E-state index contributed by atoms with van der Waals surface area (Å²) >= 11 is 0. The number of esters is 1. The Kier molecular flexibility index (Phi) is 6.26. The highest BCUT2D eigenvalue weighted by atomic mass is 19.3. The number of nitrogens with one attached hydrogen (secondary N) is 1. The molecule has 1 N–H and O–H groups in total. The van der Waals surface area contributed by atoms with E-state index in [1.165, 1.54) is 31.3 Å². The number of hydrogen-bond acceptors (Lipinski definition) is 5. The van der Waals surface area contributed by atoms with E-state index in [0.717, 1.165) is 17.7 Å². The van der Waals surface area contributed by atoms with Crippen LogP contribution in [0.1, 0.15) is 23.2 Å². The molecule has 0 saturated heterocycles. The van der Waals surface area contributed by atoms with Crippen molar-refractivity contribution in [2.75, 3.05) is 20.2 Å². The van der Waals surface area contributed by atoms with Gasteiger partial charge in [-0.2, -0.15) is 8.78 Å². The third kappa shape index (κ3) is 6.02. The van der Waals surface area contributed by atoms with Crippen LogP contribution in [0, 0.1) is 0 Å². The quantitative estimate of drug-likeness (QED) is 0.707. The third-order valence-electron chi connectivity index (χ3n) is 3.40. The van der Waals surface area contributed by atoms with Crippen LogP contribution in [0.15, 0.2) is 24.3 Å². The van der Waals surface area contributed by atoms with E-state index in [4.69, 9.17) is 4.74 Å². The van der Waals surface area contributed by atoms with E-state index in [1.807, 2.05) is 0 Å². The fraction of sp³-hybridized carbons (Fsp3) is 0.438. The Morgan fingerprint density at radius 1 is 1.28 bits per heavy atom. The van der Waals surface area contributed by atoms with Crippen molar-refractivity contribution in [3.63, 3.8) is 0 Å². The SMILES string of the molecule is CN(CC(=O)NC1CC1)C(=O)COC(=O)c1ccccc1OC(F)F. The van der Waals surface area contributed by atoms with Gasteiger partial charge < -0.3 is 19.7 Å². The average molecular weight is 356 g/mol. The zero-order valence-electron chi connectivity index (χ0n) is 13.5. The first-order valence-electron chi connectivity index (χ1n) is 7.61. The van der Waals surface area contributed by atoms with Crippen LogP contribution in [0.25, 0.3) is 0 Å². The van der Waals surface area contributed by atoms with E-state index in [9.17, 15) is 23.2 Å². The minimum atomic E-state index is -3.09. The Labute approximate surface area is 142 Å². The van der Waals surface area contributed by atoms with Gasteiger partial charge in [0.15, 0.2) is 6.61 Å². The highest BCUT2D eigenvalue weighted by Crippen LogP contribution is 2.21. The summed E-state index contributed by atoms with van der Waals surface area (Å²) in [6.45, 7) is -3.86. The first kappa shape index (κ1) is 18.6. The Morgan fingerprint density at radius 2 is 1.96 bits per heavy atom. The number of nitrogens with zero attached hydrogens (tertiary/aromatic N) is 1. The molecule has 1 aliphatic carbocycles. The molecule has 0 radical (unpaired) electrons. The van der Waals surface area contributed by atoms with Gasteiger partial charge in [-0.05, 0) is 25.0 Å². The number of ether oxygens (including phenoxy) is 2. The number of carbonyl (C=O) groups is 3. The maximum atomic E-state index is 12.3. The Balaban J connectivity index is 1.84. The molecule has 0 atom stereocenters. The molecule has 1 fully saturated rings. The summed E-state index contributed by atoms with van der Waals surface area (Å²) in [5, 5.41) is 2.73. The van der Waals surface area contributed by atoms with Crippen LogP contribution in [0.2, 0.25) is 0 Å². The molecule has 25 heavy (non-hydrogen) atoms. The fourth-order valence-corrected chi connectivity index (χ4v) is 1.95. The van der Waals surface area contributed by atoms with Crippen molar-refractivity contribution >= 4 is 17.8 Å². The molecule has 0 bridgehead atoms. The molecule has 1 saturated carbocycles. The first-order valence-corrected chi connectivity index (χ1v) is 7.61. The lowest BCUT2D eigenvalue weighted by atomic mass is 10.2. The van der Waals surface area contributed by atoms with E-state index in [1.54, 1.807) is 0 Å². The minimum absolute atomic E-state index is 0.155. The van der Waals surface area contributed by atoms with E-state index < -0.39 is 25.1 Å². The predicted octanol–water partition coefficient (Wildman–Crippen LogP) is 1.18. The van der Waals surface area contributed by atoms with E-state index in [0.29, 0.717) is 0 Å². The number of halogens is 2. The van der Waals surface area contributed by atoms with Crippen molar-refractivity contribution in [3.8, 4) is 5.75 Å². The van der Waals surface area contributed by atoms with Gasteiger partial charge in [0.2, 0.25) is 5.91 Å². The summed E-state index contributed by atoms with van der Waals surface area (Å²) in [6, 6.07) is 5.49. The van der Waals surface area contributed by atoms with Gasteiger partial charge in [0.05, 0.1) is 6.54 Å². The molecule has 2 rings (SSSR count). The topological polar surface area (TPSA) is 84.9 Å². The summed E-state index contributed by atoms with van der Waals surface area (Å²) in [7, 11) is 1.40. The molecule has 7 nitrogen and oxygen atoms in total. The lowest BCUT2D eigenvalue weighted by molar-refractivity contribution is -0.137. The molecule has 1 aromatic rings. The Bertz CT molecular complexity index is 649. The normalized spacial score (nSPS) is 13.3. The molecule has 2 amide bonds. The van der Waals surface area contributed by atoms with Crippen LogP contribution in [0.5, 0.6) is 5.75 Å². The second-order valence-corrected chi connectivity index (χ2v) is 5.54. The largest absolute Gasteiger partial charge is 0.452 e. The summed E-state index contributed by atoms with van der Waals surface area (Å²) in [4.78, 5) is 36.6. The van der Waals surface area contributed by atoms with Crippen molar-refractivity contribution in [1.82, 2.24) is 10.2 Å². The van der Waals surface area contributed by atoms with E-state index >= 15 is 0 Å². The molecular weight excluding hydrogens is 338 g/mol. The second-order valence-electron chi connectivity index (χ2n) is 5.54. The van der Waals surface area contributed by atoms with Crippen molar-refractivity contribution in [2.45, 2.75) is 25.5 Å². The zero-order valence-corrected chi connectivity index (χ0v) is 13.5. The molecule has 1 aliphatic rings. The molecule has 9 heteroatoms. The van der Waals surface area contributed by atoms with Gasteiger partial charge in [-0.1, -0.05) is 12.1 Å². The highest BCUT2D eigenvalue weighted by molar-refractivity contribution is 5.94. The number of rotatable bonds is 8. The van der Waals surface area contributed by atoms with Crippen molar-refractivity contribution in [3.05, 3.63) is 29.8 Å². The van der Waals surface area contributed by atoms with Crippen molar-refractivity contribution in [2.24, 2.45) is 0 Å². The van der Waals surface area contributed by atoms with Gasteiger partial charge in [0.1, 0.15) is 11.3 Å². The van der Waals surface area contributed by atoms with Gasteiger partial charge in [-0.15, -0.1) is 0 Å². The van der Waals surface area contributed by atoms with Crippen LogP contribution >= 0.6 is 0 Å². The fourth-order valence-electron chi connectivity index (χ4n) is 1.95. The zero-order chi connectivity index (χ0) is 18.4. The monoisotopic (exact) mass is 356 g/mol. The minimum Gasteiger partial charge on any atom is -0.452 e. The smallest absolute Gasteiger partial charge is 0.387 e. The van der Waals surface area contributed by atoms with Crippen molar-refractivity contribution < 1.29 is 32.6 Å². The van der Waals surface area contributed by atoms with Crippen LogP contribution in [-0.4, -0.2) is 55.5 Å². The summed E-state index contributed by atoms with van der Waals surface area (Å²) < 4.78 is 33.7. The lowest BCUT2D eigenvalue weighted by Gasteiger charge is -2.17. The van der Waals surface area contributed by atoms with Gasteiger partial charge in [-0.3, -0.25) is 9.59 Å². The lowest BCUT2D eigenvalue weighted by Crippen LogP contribution is -2.40. The molecule has 136 valence electrons. The molecule has 0 unspecified atom stereocenters. The van der Waals surface area contributed by atoms with E-state index in [2.05, 4.69) is 10.1 Å². The van der Waals surface area contributed by atoms with Crippen molar-refractivity contribution in [1.29, 1.82) is 0 Å². The van der Waals surface area contributed by atoms with Gasteiger partial charge in [-0.25, -0.2) is 4.79 Å². The Hall–Kier alpha value is -2.71. The van der Waals surface area contributed by atoms with Crippen LogP contribution in [-0.2, 0) is 14.3 Å². The molecule has 1 aromatic carbocycles. The third-order valence-corrected chi connectivity index (χ3v) is 3.40. The van der Waals surface area contributed by atoms with Crippen LogP contribution < -0.4 is 10.1 Å². The maximum Gasteiger partial charge on any atom is 0.387 e. The highest BCUT2D eigenvalue weighted by Gasteiger charge is 2.25. The number of carbonyl (C=O) groups excluding carboxylic acids is 3. The predicted molar refractivity (Wildman–Crippen MR) is 82.2 cm³/mol. The number of amides is 2. The average Bonchev–Trinajstić information content (AvgIpc) is 3.35. The number of hydrogen-bond donors (Lipinski definition) is 1. The number of benzene rings is 1. The maximum absolute atomic E-state index is 12.3. The number of para-hydroxylation sites is 1. The molecule has 0 heterocycles. The standard InChI is InChI=1S/C16H18F2N2O5/c1-20(8-13(21)19-10-6-7-10)14(22)9-24-15(23)11-4-2-3-5-12(11)25-16(17)18/h2-5,10,16H,6-9H2,1H3,(H,19,21). The number of likely N-dealkylation sites (N-methyl/N-ethyl adjacent to an activating group) is 1. The summed E-state index contributed by atoms with van der Waals surface area (Å²) in [6.07, 6.45) is 1.86. The van der Waals surface area contributed by atoms with Gasteiger partial charge in [0.25, 0.3) is 5.91 Å². The van der Waals surface area contributed by atoms with Gasteiger partial charge >= 0.3 is 12.6 Å². The molecule has 0 aromatic heterocycles. The van der Waals surface area contributed by atoms with Gasteiger partial charge in [0, 0.05) is 13.1 Å². The molecular formula is C16H18F2N2O5. The van der Waals surface area contributed by atoms with Crippen LogP contribution in [0.4, 0.5) is 8.78 Å². The first-order chi connectivity index (χ1) is 11.9. The van der Waals surface area contributed by atoms with E-state index in [-0.39, 0.29) is 29.8 Å². The Morgan fingerprint density at radius 3 is 2.60 bits per heavy atom. The second kappa shape index (κ2) is 8.41. The molecule has 0 aliphatic heterocycles. The van der Waals surface area contributed by atoms with Crippen LogP contribution in [0.3, 0.4) is 0 Å². The summed E-state index contributed by atoms with van der Waals surface area (Å²) in [5.74, 6) is -2.19. The number of alkyl halides is 2. The summed E-state index contributed by atoms with van der Waals surface area (Å²) in [5.41, 5.74) is -0.218. The molecule has 0 spiro atoms.